The molecule has 0 spiro atoms. The van der Waals surface area contributed by atoms with Crippen LogP contribution < -0.4 is 0 Å². The van der Waals surface area contributed by atoms with Gasteiger partial charge in [-0.15, -0.1) is 10.2 Å². The van der Waals surface area contributed by atoms with E-state index in [1.165, 1.54) is 0 Å². The average molecular weight is 364 g/mol. The van der Waals surface area contributed by atoms with Crippen molar-refractivity contribution in [2.45, 2.75) is 20.8 Å². The molecule has 116 valence electrons. The summed E-state index contributed by atoms with van der Waals surface area (Å²) < 4.78 is 27.4. The fourth-order valence-electron chi connectivity index (χ4n) is 2.11. The number of rotatable bonds is 2. The maximum absolute atomic E-state index is 13.7. The summed E-state index contributed by atoms with van der Waals surface area (Å²) in [5, 5.41) is 6.14. The number of azo groups is 1. The van der Waals surface area contributed by atoms with E-state index in [-0.39, 0.29) is 5.69 Å². The van der Waals surface area contributed by atoms with Gasteiger partial charge in [0, 0.05) is 0 Å². The fraction of sp³-hybridized carbons (Fsp3) is 0.200. The van der Waals surface area contributed by atoms with Crippen LogP contribution in [0.5, 0.6) is 0 Å². The lowest BCUT2D eigenvalue weighted by molar-refractivity contribution is 0.585. The molecule has 0 aliphatic rings. The lowest BCUT2D eigenvalue weighted by Gasteiger charge is -2.08. The van der Waals surface area contributed by atoms with E-state index in [1.807, 2.05) is 32.9 Å². The summed E-state index contributed by atoms with van der Waals surface area (Å²) in [5.74, 6) is -2.23. The van der Waals surface area contributed by atoms with Gasteiger partial charge >= 0.3 is 0 Å². The molecule has 0 radical (unpaired) electrons. The van der Waals surface area contributed by atoms with Crippen LogP contribution in [0.4, 0.5) is 20.2 Å². The molecule has 0 heterocycles. The topological polar surface area (TPSA) is 24.7 Å². The molecular weight excluding hydrogens is 353 g/mol. The third-order valence-corrected chi connectivity index (χ3v) is 4.09. The Labute approximate surface area is 141 Å². The first-order chi connectivity index (χ1) is 10.2. The number of hydrogen-bond donors (Lipinski definition) is 0. The number of hydrogen-bond acceptors (Lipinski definition) is 2. The Morgan fingerprint density at radius 2 is 1.14 bits per heavy atom. The highest BCUT2D eigenvalue weighted by Crippen LogP contribution is 2.42. The van der Waals surface area contributed by atoms with Crippen molar-refractivity contribution in [2.75, 3.05) is 0 Å². The summed E-state index contributed by atoms with van der Waals surface area (Å²) in [6, 6.07) is 3.85. The van der Waals surface area contributed by atoms with Crippen molar-refractivity contribution in [1.29, 1.82) is 0 Å². The quantitative estimate of drug-likeness (QED) is 0.304. The minimum atomic E-state index is -1.11. The minimum Gasteiger partial charge on any atom is -0.203 e. The SMILES string of the molecule is Cc1cc(C)c(N=Nc2c(Cl)c(F)c(Cl)c(F)c2Cl)c(C)c1. The third-order valence-electron chi connectivity index (χ3n) is 3.07. The smallest absolute Gasteiger partial charge is 0.165 e. The maximum Gasteiger partial charge on any atom is 0.165 e. The summed E-state index contributed by atoms with van der Waals surface area (Å²) in [6.07, 6.45) is 0. The second-order valence-electron chi connectivity index (χ2n) is 4.87. The zero-order chi connectivity index (χ0) is 16.6. The number of nitrogens with zero attached hydrogens (tertiary/aromatic N) is 2. The first-order valence-electron chi connectivity index (χ1n) is 6.25. The van der Waals surface area contributed by atoms with Crippen LogP contribution in [0, 0.1) is 32.4 Å². The summed E-state index contributed by atoms with van der Waals surface area (Å²) in [6.45, 7) is 5.68. The molecule has 0 N–H and O–H groups in total. The Hall–Kier alpha value is -1.23. The van der Waals surface area contributed by atoms with E-state index >= 15 is 0 Å². The van der Waals surface area contributed by atoms with Crippen molar-refractivity contribution in [3.8, 4) is 0 Å². The number of aryl methyl sites for hydroxylation is 3. The van der Waals surface area contributed by atoms with Gasteiger partial charge in [0.2, 0.25) is 0 Å². The Morgan fingerprint density at radius 3 is 1.59 bits per heavy atom. The normalized spacial score (nSPS) is 11.5. The summed E-state index contributed by atoms with van der Waals surface area (Å²) in [7, 11) is 0. The summed E-state index contributed by atoms with van der Waals surface area (Å²) in [4.78, 5) is 0. The van der Waals surface area contributed by atoms with Gasteiger partial charge < -0.3 is 0 Å². The van der Waals surface area contributed by atoms with Gasteiger partial charge in [-0.05, 0) is 31.9 Å². The van der Waals surface area contributed by atoms with E-state index in [1.54, 1.807) is 0 Å². The Kier molecular flexibility index (Phi) is 5.05. The highest BCUT2D eigenvalue weighted by Gasteiger charge is 2.21. The molecule has 0 atom stereocenters. The molecule has 22 heavy (non-hydrogen) atoms. The average Bonchev–Trinajstić information content (AvgIpc) is 2.45. The van der Waals surface area contributed by atoms with Gasteiger partial charge in [-0.25, -0.2) is 8.78 Å². The maximum atomic E-state index is 13.7. The zero-order valence-corrected chi connectivity index (χ0v) is 14.2. The molecule has 0 amide bonds. The van der Waals surface area contributed by atoms with Gasteiger partial charge in [0.25, 0.3) is 0 Å². The van der Waals surface area contributed by atoms with E-state index < -0.39 is 26.7 Å². The molecule has 2 aromatic rings. The molecule has 0 unspecified atom stereocenters. The van der Waals surface area contributed by atoms with Crippen LogP contribution in [0.2, 0.25) is 15.1 Å². The van der Waals surface area contributed by atoms with E-state index in [2.05, 4.69) is 10.2 Å². The van der Waals surface area contributed by atoms with Crippen molar-refractivity contribution in [1.82, 2.24) is 0 Å². The molecule has 0 saturated heterocycles. The minimum absolute atomic E-state index is 0.290. The van der Waals surface area contributed by atoms with Gasteiger partial charge in [-0.2, -0.15) is 0 Å². The first kappa shape index (κ1) is 17.1. The Morgan fingerprint density at radius 1 is 0.727 bits per heavy atom. The van der Waals surface area contributed by atoms with Crippen LogP contribution in [0.1, 0.15) is 16.7 Å². The molecule has 0 aliphatic heterocycles. The first-order valence-corrected chi connectivity index (χ1v) is 7.38. The second kappa shape index (κ2) is 6.49. The molecule has 0 aliphatic carbocycles. The molecule has 2 rings (SSSR count). The van der Waals surface area contributed by atoms with Gasteiger partial charge in [0.15, 0.2) is 11.6 Å². The molecule has 7 heteroatoms. The highest BCUT2D eigenvalue weighted by molar-refractivity contribution is 6.41. The lowest BCUT2D eigenvalue weighted by Crippen LogP contribution is -1.89. The van der Waals surface area contributed by atoms with E-state index in [0.29, 0.717) is 5.69 Å². The van der Waals surface area contributed by atoms with Crippen LogP contribution in [-0.4, -0.2) is 0 Å². The Balaban J connectivity index is 2.57. The molecule has 2 nitrogen and oxygen atoms in total. The van der Waals surface area contributed by atoms with Crippen LogP contribution >= 0.6 is 34.8 Å². The van der Waals surface area contributed by atoms with Crippen LogP contribution in [-0.2, 0) is 0 Å². The standard InChI is InChI=1S/C15H11Cl3F2N2/c1-6-4-7(2)14(8(3)5-6)21-22-15-10(17)12(19)9(16)13(20)11(15)18/h4-5H,1-3H3. The molecule has 2 aromatic carbocycles. The lowest BCUT2D eigenvalue weighted by atomic mass is 10.1. The van der Waals surface area contributed by atoms with Crippen LogP contribution in [0.3, 0.4) is 0 Å². The zero-order valence-electron chi connectivity index (χ0n) is 11.9. The van der Waals surface area contributed by atoms with Gasteiger partial charge in [0.1, 0.15) is 20.8 Å². The van der Waals surface area contributed by atoms with Crippen molar-refractivity contribution in [3.63, 3.8) is 0 Å². The fourth-order valence-corrected chi connectivity index (χ4v) is 2.90. The third kappa shape index (κ3) is 3.09. The largest absolute Gasteiger partial charge is 0.203 e. The van der Waals surface area contributed by atoms with Crippen LogP contribution in [0.15, 0.2) is 22.4 Å². The highest BCUT2D eigenvalue weighted by atomic mass is 35.5. The summed E-state index contributed by atoms with van der Waals surface area (Å²) in [5.41, 5.74) is 3.14. The predicted molar refractivity (Wildman–Crippen MR) is 86.2 cm³/mol. The van der Waals surface area contributed by atoms with Gasteiger partial charge in [0.05, 0.1) is 5.69 Å². The molecule has 0 fully saturated rings. The second-order valence-corrected chi connectivity index (χ2v) is 6.00. The predicted octanol–water partition coefficient (Wildman–Crippen LogP) is 7.27. The molecule has 0 aromatic heterocycles. The molecule has 0 saturated carbocycles. The van der Waals surface area contributed by atoms with E-state index in [9.17, 15) is 8.78 Å². The van der Waals surface area contributed by atoms with Crippen molar-refractivity contribution < 1.29 is 8.78 Å². The van der Waals surface area contributed by atoms with Crippen LogP contribution in [0.25, 0.3) is 0 Å². The van der Waals surface area contributed by atoms with E-state index in [0.717, 1.165) is 16.7 Å². The van der Waals surface area contributed by atoms with Gasteiger partial charge in [-0.1, -0.05) is 52.5 Å². The van der Waals surface area contributed by atoms with E-state index in [4.69, 9.17) is 34.8 Å². The van der Waals surface area contributed by atoms with Gasteiger partial charge in [-0.3, -0.25) is 0 Å². The summed E-state index contributed by atoms with van der Waals surface area (Å²) >= 11 is 17.0. The molecular formula is C15H11Cl3F2N2. The van der Waals surface area contributed by atoms with Crippen molar-refractivity contribution >= 4 is 46.2 Å². The monoisotopic (exact) mass is 362 g/mol. The Bertz CT molecular complexity index is 737. The number of halogens is 5. The number of benzene rings is 2. The van der Waals surface area contributed by atoms with Crippen molar-refractivity contribution in [3.05, 3.63) is 55.5 Å². The molecule has 0 bridgehead atoms. The van der Waals surface area contributed by atoms with Crippen molar-refractivity contribution in [2.24, 2.45) is 10.2 Å².